The van der Waals surface area contributed by atoms with Crippen LogP contribution in [-0.4, -0.2) is 41.1 Å². The van der Waals surface area contributed by atoms with Gasteiger partial charge in [0.25, 0.3) is 0 Å². The Morgan fingerprint density at radius 1 is 1.50 bits per heavy atom. The largest absolute Gasteiger partial charge is 0.463 e. The highest BCUT2D eigenvalue weighted by Crippen LogP contribution is 2.19. The Bertz CT molecular complexity index is 552. The molecule has 0 aliphatic heterocycles. The molecule has 0 saturated heterocycles. The van der Waals surface area contributed by atoms with Crippen LogP contribution in [0.15, 0.2) is 18.5 Å². The Morgan fingerprint density at radius 2 is 2.33 bits per heavy atom. The minimum atomic E-state index is -0.514. The van der Waals surface area contributed by atoms with Crippen LogP contribution in [0.3, 0.4) is 0 Å². The second kappa shape index (κ2) is 5.46. The third kappa shape index (κ3) is 2.25. The van der Waals surface area contributed by atoms with E-state index in [-0.39, 0.29) is 24.8 Å². The molecule has 0 N–H and O–H groups in total. The zero-order valence-corrected chi connectivity index (χ0v) is 10.1. The van der Waals surface area contributed by atoms with Crippen molar-refractivity contribution in [3.63, 3.8) is 0 Å². The summed E-state index contributed by atoms with van der Waals surface area (Å²) in [6, 6.07) is 1.68. The van der Waals surface area contributed by atoms with Crippen LogP contribution >= 0.6 is 0 Å². The second-order valence-corrected chi connectivity index (χ2v) is 3.34. The number of hydrogen-bond acceptors (Lipinski definition) is 6. The average molecular weight is 251 g/mol. The van der Waals surface area contributed by atoms with Crippen molar-refractivity contribution in [1.82, 2.24) is 14.6 Å². The number of esters is 1. The molecular weight excluding hydrogens is 238 g/mol. The van der Waals surface area contributed by atoms with E-state index in [9.17, 15) is 4.79 Å². The SMILES string of the molecule is CCOC(=O)c1c(OCOC)cnc2ccnn12. The molecule has 0 unspecified atom stereocenters. The Labute approximate surface area is 103 Å². The third-order valence-corrected chi connectivity index (χ3v) is 2.18. The number of aromatic nitrogens is 3. The monoisotopic (exact) mass is 251 g/mol. The van der Waals surface area contributed by atoms with Crippen LogP contribution in [0.1, 0.15) is 17.4 Å². The number of nitrogens with zero attached hydrogens (tertiary/aromatic N) is 3. The zero-order chi connectivity index (χ0) is 13.0. The summed E-state index contributed by atoms with van der Waals surface area (Å²) < 4.78 is 16.4. The first-order chi connectivity index (χ1) is 8.77. The van der Waals surface area contributed by atoms with Crippen molar-refractivity contribution in [2.24, 2.45) is 0 Å². The molecule has 2 aromatic heterocycles. The quantitative estimate of drug-likeness (QED) is 0.580. The van der Waals surface area contributed by atoms with Crippen molar-refractivity contribution < 1.29 is 19.0 Å². The average Bonchev–Trinajstić information content (AvgIpc) is 2.83. The Kier molecular flexibility index (Phi) is 3.73. The highest BCUT2D eigenvalue weighted by atomic mass is 16.7. The Morgan fingerprint density at radius 3 is 3.06 bits per heavy atom. The molecule has 0 saturated carbocycles. The van der Waals surface area contributed by atoms with Gasteiger partial charge in [-0.05, 0) is 6.92 Å². The molecule has 7 nitrogen and oxygen atoms in total. The van der Waals surface area contributed by atoms with Gasteiger partial charge in [0.15, 0.2) is 23.9 Å². The van der Waals surface area contributed by atoms with E-state index in [0.717, 1.165) is 0 Å². The normalized spacial score (nSPS) is 10.6. The number of fused-ring (bicyclic) bond motifs is 1. The fourth-order valence-corrected chi connectivity index (χ4v) is 1.47. The van der Waals surface area contributed by atoms with Crippen molar-refractivity contribution in [1.29, 1.82) is 0 Å². The number of carbonyl (C=O) groups is 1. The molecule has 0 aromatic carbocycles. The minimum absolute atomic E-state index is 0.0147. The van der Waals surface area contributed by atoms with E-state index in [4.69, 9.17) is 14.2 Å². The Hall–Kier alpha value is -2.15. The van der Waals surface area contributed by atoms with Gasteiger partial charge in [0, 0.05) is 13.2 Å². The summed E-state index contributed by atoms with van der Waals surface area (Å²) in [6.07, 6.45) is 2.99. The summed E-state index contributed by atoms with van der Waals surface area (Å²) in [5.41, 5.74) is 0.742. The molecule has 0 amide bonds. The molecule has 0 radical (unpaired) electrons. The van der Waals surface area contributed by atoms with Crippen molar-refractivity contribution >= 4 is 11.6 Å². The highest BCUT2D eigenvalue weighted by molar-refractivity contribution is 5.91. The lowest BCUT2D eigenvalue weighted by Crippen LogP contribution is -2.15. The fraction of sp³-hybridized carbons (Fsp3) is 0.364. The fourth-order valence-electron chi connectivity index (χ4n) is 1.47. The van der Waals surface area contributed by atoms with E-state index >= 15 is 0 Å². The van der Waals surface area contributed by atoms with Crippen LogP contribution in [-0.2, 0) is 9.47 Å². The minimum Gasteiger partial charge on any atom is -0.463 e. The molecule has 2 heterocycles. The number of rotatable bonds is 5. The van der Waals surface area contributed by atoms with Gasteiger partial charge >= 0.3 is 5.97 Å². The smallest absolute Gasteiger partial charge is 0.361 e. The maximum Gasteiger partial charge on any atom is 0.361 e. The van der Waals surface area contributed by atoms with E-state index in [2.05, 4.69) is 10.1 Å². The van der Waals surface area contributed by atoms with Crippen molar-refractivity contribution in [2.45, 2.75) is 6.92 Å². The maximum atomic E-state index is 11.9. The Balaban J connectivity index is 2.47. The van der Waals surface area contributed by atoms with Gasteiger partial charge in [0.05, 0.1) is 19.0 Å². The summed E-state index contributed by atoms with van der Waals surface area (Å²) in [7, 11) is 1.49. The van der Waals surface area contributed by atoms with Crippen molar-refractivity contribution in [3.8, 4) is 5.75 Å². The summed E-state index contributed by atoms with van der Waals surface area (Å²) in [5, 5.41) is 4.02. The van der Waals surface area contributed by atoms with Crippen LogP contribution in [0.5, 0.6) is 5.75 Å². The summed E-state index contributed by atoms with van der Waals surface area (Å²) in [5.74, 6) is -0.244. The first kappa shape index (κ1) is 12.3. The third-order valence-electron chi connectivity index (χ3n) is 2.18. The summed E-state index contributed by atoms with van der Waals surface area (Å²) >= 11 is 0. The van der Waals surface area contributed by atoms with Gasteiger partial charge in [-0.1, -0.05) is 0 Å². The van der Waals surface area contributed by atoms with Crippen molar-refractivity contribution in [2.75, 3.05) is 20.5 Å². The molecule has 2 aromatic rings. The topological polar surface area (TPSA) is 75.0 Å². The zero-order valence-electron chi connectivity index (χ0n) is 10.1. The maximum absolute atomic E-state index is 11.9. The van der Waals surface area contributed by atoms with E-state index in [0.29, 0.717) is 5.65 Å². The van der Waals surface area contributed by atoms with Gasteiger partial charge < -0.3 is 14.2 Å². The van der Waals surface area contributed by atoms with E-state index < -0.39 is 5.97 Å². The number of ether oxygens (including phenoxy) is 3. The van der Waals surface area contributed by atoms with Crippen LogP contribution in [0.4, 0.5) is 0 Å². The molecule has 7 heteroatoms. The summed E-state index contributed by atoms with van der Waals surface area (Å²) in [6.45, 7) is 2.02. The lowest BCUT2D eigenvalue weighted by molar-refractivity contribution is 0.0423. The molecule has 0 aliphatic rings. The molecule has 18 heavy (non-hydrogen) atoms. The van der Waals surface area contributed by atoms with Gasteiger partial charge in [-0.25, -0.2) is 14.3 Å². The summed E-state index contributed by atoms with van der Waals surface area (Å²) in [4.78, 5) is 16.0. The number of hydrogen-bond donors (Lipinski definition) is 0. The standard InChI is InChI=1S/C11H13N3O4/c1-3-17-11(15)10-8(18-7-16-2)6-12-9-4-5-13-14(9)10/h4-6H,3,7H2,1-2H3. The van der Waals surface area contributed by atoms with E-state index in [1.807, 2.05) is 0 Å². The van der Waals surface area contributed by atoms with Crippen LogP contribution in [0.25, 0.3) is 5.65 Å². The molecule has 0 atom stereocenters. The van der Waals surface area contributed by atoms with Gasteiger partial charge in [0.2, 0.25) is 0 Å². The first-order valence-corrected chi connectivity index (χ1v) is 5.39. The highest BCUT2D eigenvalue weighted by Gasteiger charge is 2.19. The molecule has 2 rings (SSSR count). The molecule has 0 spiro atoms. The van der Waals surface area contributed by atoms with Crippen LogP contribution in [0, 0.1) is 0 Å². The molecule has 0 fully saturated rings. The lowest BCUT2D eigenvalue weighted by atomic mass is 10.3. The predicted molar refractivity (Wildman–Crippen MR) is 61.4 cm³/mol. The molecular formula is C11H13N3O4. The van der Waals surface area contributed by atoms with Gasteiger partial charge in [-0.2, -0.15) is 5.10 Å². The van der Waals surface area contributed by atoms with Gasteiger partial charge in [-0.3, -0.25) is 0 Å². The number of methoxy groups -OCH3 is 1. The van der Waals surface area contributed by atoms with E-state index in [1.165, 1.54) is 17.8 Å². The van der Waals surface area contributed by atoms with Gasteiger partial charge in [0.1, 0.15) is 0 Å². The molecule has 0 aliphatic carbocycles. The van der Waals surface area contributed by atoms with Crippen LogP contribution in [0.2, 0.25) is 0 Å². The first-order valence-electron chi connectivity index (χ1n) is 5.39. The lowest BCUT2D eigenvalue weighted by Gasteiger charge is -2.10. The molecule has 0 bridgehead atoms. The van der Waals surface area contributed by atoms with E-state index in [1.54, 1.807) is 19.2 Å². The molecule has 96 valence electrons. The number of carbonyl (C=O) groups excluding carboxylic acids is 1. The second-order valence-electron chi connectivity index (χ2n) is 3.34. The van der Waals surface area contributed by atoms with Gasteiger partial charge in [-0.15, -0.1) is 0 Å². The van der Waals surface area contributed by atoms with Crippen LogP contribution < -0.4 is 4.74 Å². The predicted octanol–water partition coefficient (Wildman–Crippen LogP) is 0.889. The van der Waals surface area contributed by atoms with Crippen molar-refractivity contribution in [3.05, 3.63) is 24.2 Å².